The summed E-state index contributed by atoms with van der Waals surface area (Å²) in [4.78, 5) is 4.66. The molecule has 1 heterocycles. The van der Waals surface area contributed by atoms with Crippen molar-refractivity contribution in [2.24, 2.45) is 0 Å². The average molecular weight is 374 g/mol. The number of hydrogen-bond acceptors (Lipinski definition) is 4. The molecule has 5 nitrogen and oxygen atoms in total. The van der Waals surface area contributed by atoms with Crippen molar-refractivity contribution in [1.29, 1.82) is 0 Å². The number of aromatic nitrogens is 1. The highest BCUT2D eigenvalue weighted by Gasteiger charge is 2.17. The molecular weight excluding hydrogens is 355 g/mol. The summed E-state index contributed by atoms with van der Waals surface area (Å²) in [6.45, 7) is 3.73. The van der Waals surface area contributed by atoms with Crippen LogP contribution in [0.1, 0.15) is 17.0 Å². The van der Waals surface area contributed by atoms with Crippen molar-refractivity contribution in [3.63, 3.8) is 0 Å². The van der Waals surface area contributed by atoms with Crippen LogP contribution in [0.2, 0.25) is 0 Å². The van der Waals surface area contributed by atoms with E-state index in [9.17, 15) is 12.8 Å². The Morgan fingerprint density at radius 2 is 1.77 bits per heavy atom. The quantitative estimate of drug-likeness (QED) is 0.715. The average Bonchev–Trinajstić information content (AvgIpc) is 2.96. The van der Waals surface area contributed by atoms with E-state index < -0.39 is 10.0 Å². The molecule has 7 heteroatoms. The van der Waals surface area contributed by atoms with Crippen LogP contribution in [0.25, 0.3) is 11.5 Å². The smallest absolute Gasteiger partial charge is 0.240 e. The molecule has 0 aliphatic rings. The van der Waals surface area contributed by atoms with Crippen molar-refractivity contribution < 1.29 is 17.2 Å². The molecule has 0 atom stereocenters. The van der Waals surface area contributed by atoms with Crippen LogP contribution in [-0.2, 0) is 16.4 Å². The van der Waals surface area contributed by atoms with Gasteiger partial charge in [-0.25, -0.2) is 22.5 Å². The van der Waals surface area contributed by atoms with Crippen molar-refractivity contribution in [3.05, 3.63) is 71.4 Å². The van der Waals surface area contributed by atoms with E-state index in [0.717, 1.165) is 0 Å². The largest absolute Gasteiger partial charge is 0.441 e. The number of benzene rings is 2. The van der Waals surface area contributed by atoms with Crippen molar-refractivity contribution >= 4 is 10.0 Å². The first-order valence-corrected chi connectivity index (χ1v) is 9.63. The fourth-order valence-corrected chi connectivity index (χ4v) is 3.89. The van der Waals surface area contributed by atoms with E-state index in [4.69, 9.17) is 4.42 Å². The van der Waals surface area contributed by atoms with Gasteiger partial charge < -0.3 is 4.42 Å². The molecule has 0 unspecified atom stereocenters. The Balaban J connectivity index is 1.69. The molecule has 0 spiro atoms. The molecule has 0 amide bonds. The molecule has 3 aromatic rings. The molecule has 1 N–H and O–H groups in total. The fraction of sp³-hybridized carbons (Fsp3) is 0.211. The van der Waals surface area contributed by atoms with Gasteiger partial charge in [-0.05, 0) is 49.7 Å². The highest BCUT2D eigenvalue weighted by Crippen LogP contribution is 2.22. The van der Waals surface area contributed by atoms with E-state index in [0.29, 0.717) is 34.9 Å². The second-order valence-corrected chi connectivity index (χ2v) is 7.68. The van der Waals surface area contributed by atoms with E-state index in [1.807, 2.05) is 0 Å². The normalized spacial score (nSPS) is 11.7. The van der Waals surface area contributed by atoms with Gasteiger partial charge in [0.05, 0.1) is 10.6 Å². The van der Waals surface area contributed by atoms with Gasteiger partial charge in [0, 0.05) is 18.5 Å². The van der Waals surface area contributed by atoms with Gasteiger partial charge in [-0.15, -0.1) is 0 Å². The lowest BCUT2D eigenvalue weighted by molar-refractivity contribution is 0.538. The number of nitrogens with one attached hydrogen (secondary N) is 1. The Labute approximate surface area is 151 Å². The summed E-state index contributed by atoms with van der Waals surface area (Å²) in [6, 6.07) is 12.7. The number of rotatable bonds is 6. The zero-order valence-corrected chi connectivity index (χ0v) is 15.3. The van der Waals surface area contributed by atoms with E-state index in [1.165, 1.54) is 12.1 Å². The minimum Gasteiger partial charge on any atom is -0.441 e. The Bertz CT molecular complexity index is 1010. The van der Waals surface area contributed by atoms with Crippen molar-refractivity contribution in [1.82, 2.24) is 9.71 Å². The number of hydrogen-bond donors (Lipinski definition) is 1. The monoisotopic (exact) mass is 374 g/mol. The fourth-order valence-electron chi connectivity index (χ4n) is 2.62. The van der Waals surface area contributed by atoms with Crippen LogP contribution in [0.3, 0.4) is 0 Å². The molecule has 0 radical (unpaired) electrons. The highest BCUT2D eigenvalue weighted by atomic mass is 32.2. The second kappa shape index (κ2) is 7.39. The molecule has 3 rings (SSSR count). The molecule has 0 saturated carbocycles. The lowest BCUT2D eigenvalue weighted by Crippen LogP contribution is -2.26. The third-order valence-corrected chi connectivity index (χ3v) is 5.64. The molecule has 0 fully saturated rings. The summed E-state index contributed by atoms with van der Waals surface area (Å²) in [5, 5.41) is 0. The molecule has 0 saturated heterocycles. The first-order chi connectivity index (χ1) is 12.4. The summed E-state index contributed by atoms with van der Waals surface area (Å²) in [6.07, 6.45) is 0.391. The van der Waals surface area contributed by atoms with Gasteiger partial charge in [-0.3, -0.25) is 0 Å². The van der Waals surface area contributed by atoms with Gasteiger partial charge in [0.15, 0.2) is 0 Å². The lowest BCUT2D eigenvalue weighted by Gasteiger charge is -2.08. The maximum Gasteiger partial charge on any atom is 0.240 e. The lowest BCUT2D eigenvalue weighted by atomic mass is 10.2. The minimum atomic E-state index is -3.57. The third kappa shape index (κ3) is 4.00. The zero-order chi connectivity index (χ0) is 18.7. The zero-order valence-electron chi connectivity index (χ0n) is 14.5. The summed E-state index contributed by atoms with van der Waals surface area (Å²) < 4.78 is 46.0. The first-order valence-electron chi connectivity index (χ1n) is 8.14. The number of aryl methyl sites for hydroxylation is 2. The van der Waals surface area contributed by atoms with Gasteiger partial charge >= 0.3 is 0 Å². The Hall–Kier alpha value is -2.51. The van der Waals surface area contributed by atoms with Crippen LogP contribution < -0.4 is 4.72 Å². The standard InChI is InChI=1S/C19H19FN2O3S/c1-13-5-3-4-6-18(13)26(23,24)21-12-11-17-14(2)25-19(22-17)15-7-9-16(20)10-8-15/h3-10,21H,11-12H2,1-2H3. The van der Waals surface area contributed by atoms with Gasteiger partial charge in [-0.1, -0.05) is 18.2 Å². The second-order valence-electron chi connectivity index (χ2n) is 5.94. The minimum absolute atomic E-state index is 0.201. The third-order valence-electron chi connectivity index (χ3n) is 4.02. The SMILES string of the molecule is Cc1ccccc1S(=O)(=O)NCCc1nc(-c2ccc(F)cc2)oc1C. The van der Waals surface area contributed by atoms with Crippen molar-refractivity contribution in [3.8, 4) is 11.5 Å². The maximum absolute atomic E-state index is 13.0. The van der Waals surface area contributed by atoms with E-state index in [2.05, 4.69) is 9.71 Å². The molecule has 0 aliphatic carbocycles. The van der Waals surface area contributed by atoms with Crippen LogP contribution in [-0.4, -0.2) is 19.9 Å². The highest BCUT2D eigenvalue weighted by molar-refractivity contribution is 7.89. The molecule has 1 aromatic heterocycles. The predicted octanol–water partition coefficient (Wildman–Crippen LogP) is 3.62. The van der Waals surface area contributed by atoms with Gasteiger partial charge in [0.1, 0.15) is 11.6 Å². The number of halogens is 1. The van der Waals surface area contributed by atoms with Crippen LogP contribution in [0.5, 0.6) is 0 Å². The molecule has 136 valence electrons. The van der Waals surface area contributed by atoms with Crippen molar-refractivity contribution in [2.75, 3.05) is 6.54 Å². The van der Waals surface area contributed by atoms with Gasteiger partial charge in [0.25, 0.3) is 0 Å². The topological polar surface area (TPSA) is 72.2 Å². The molecule has 26 heavy (non-hydrogen) atoms. The molecular formula is C19H19FN2O3S. The summed E-state index contributed by atoms with van der Waals surface area (Å²) >= 11 is 0. The summed E-state index contributed by atoms with van der Waals surface area (Å²) in [5.41, 5.74) is 2.02. The van der Waals surface area contributed by atoms with Gasteiger partial charge in [-0.2, -0.15) is 0 Å². The summed E-state index contributed by atoms with van der Waals surface area (Å²) in [5.74, 6) is 0.668. The first kappa shape index (κ1) is 18.3. The molecule has 0 aliphatic heterocycles. The van der Waals surface area contributed by atoms with Crippen LogP contribution in [0.4, 0.5) is 4.39 Å². The van der Waals surface area contributed by atoms with E-state index in [1.54, 1.807) is 50.2 Å². The Kier molecular flexibility index (Phi) is 5.20. The van der Waals surface area contributed by atoms with E-state index >= 15 is 0 Å². The van der Waals surface area contributed by atoms with Crippen molar-refractivity contribution in [2.45, 2.75) is 25.2 Å². The van der Waals surface area contributed by atoms with Crippen LogP contribution in [0, 0.1) is 19.7 Å². The maximum atomic E-state index is 13.0. The van der Waals surface area contributed by atoms with E-state index in [-0.39, 0.29) is 17.3 Å². The number of oxazole rings is 1. The molecule has 2 aromatic carbocycles. The number of sulfonamides is 1. The predicted molar refractivity (Wildman–Crippen MR) is 96.7 cm³/mol. The number of nitrogens with zero attached hydrogens (tertiary/aromatic N) is 1. The summed E-state index contributed by atoms with van der Waals surface area (Å²) in [7, 11) is -3.57. The van der Waals surface area contributed by atoms with Gasteiger partial charge in [0.2, 0.25) is 15.9 Å². The Morgan fingerprint density at radius 3 is 2.46 bits per heavy atom. The Morgan fingerprint density at radius 1 is 1.08 bits per heavy atom. The molecule has 0 bridgehead atoms. The van der Waals surface area contributed by atoms with Crippen LogP contribution in [0.15, 0.2) is 57.8 Å². The van der Waals surface area contributed by atoms with Crippen LogP contribution >= 0.6 is 0 Å².